The smallest absolute Gasteiger partial charge is 0.417 e. The van der Waals surface area contributed by atoms with Crippen LogP contribution in [0.3, 0.4) is 0 Å². The highest BCUT2D eigenvalue weighted by molar-refractivity contribution is 5.94. The fraction of sp³-hybridized carbons (Fsp3) is 0.0714. The molecular weight excluding hydrogens is 271 g/mol. The highest BCUT2D eigenvalue weighted by Crippen LogP contribution is 2.38. The second-order valence-electron chi connectivity index (χ2n) is 4.18. The Labute approximate surface area is 112 Å². The Hall–Kier alpha value is -2.50. The Morgan fingerprint density at radius 3 is 2.35 bits per heavy atom. The van der Waals surface area contributed by atoms with Crippen LogP contribution in [0.4, 0.5) is 13.2 Å². The van der Waals surface area contributed by atoms with Gasteiger partial charge in [0, 0.05) is 5.56 Å². The molecule has 0 aromatic heterocycles. The Morgan fingerprint density at radius 1 is 1.10 bits per heavy atom. The van der Waals surface area contributed by atoms with Gasteiger partial charge in [0.1, 0.15) is 5.75 Å². The van der Waals surface area contributed by atoms with Crippen molar-refractivity contribution in [3.63, 3.8) is 0 Å². The molecule has 0 aliphatic rings. The van der Waals surface area contributed by atoms with Crippen molar-refractivity contribution in [2.45, 2.75) is 6.18 Å². The summed E-state index contributed by atoms with van der Waals surface area (Å²) in [5, 5.41) is 9.51. The third kappa shape index (κ3) is 2.74. The van der Waals surface area contributed by atoms with E-state index in [1.807, 2.05) is 0 Å². The Morgan fingerprint density at radius 2 is 1.75 bits per heavy atom. The van der Waals surface area contributed by atoms with Gasteiger partial charge in [-0.1, -0.05) is 18.2 Å². The Balaban J connectivity index is 2.66. The number of halogens is 3. The number of phenols is 1. The molecule has 0 heterocycles. The van der Waals surface area contributed by atoms with Gasteiger partial charge in [0.25, 0.3) is 0 Å². The minimum atomic E-state index is -4.53. The number of rotatable bonds is 2. The van der Waals surface area contributed by atoms with Crippen molar-refractivity contribution >= 4 is 5.91 Å². The van der Waals surface area contributed by atoms with Crippen LogP contribution < -0.4 is 5.73 Å². The number of primary amides is 1. The van der Waals surface area contributed by atoms with Crippen LogP contribution in [0.25, 0.3) is 11.1 Å². The second-order valence-corrected chi connectivity index (χ2v) is 4.18. The first kappa shape index (κ1) is 13.9. The van der Waals surface area contributed by atoms with E-state index in [-0.39, 0.29) is 22.4 Å². The zero-order chi connectivity index (χ0) is 14.9. The Bertz CT molecular complexity index is 666. The summed E-state index contributed by atoms with van der Waals surface area (Å²) in [5.74, 6) is -1.15. The average molecular weight is 281 g/mol. The summed E-state index contributed by atoms with van der Waals surface area (Å²) in [7, 11) is 0. The molecule has 0 spiro atoms. The first-order valence-electron chi connectivity index (χ1n) is 5.59. The quantitative estimate of drug-likeness (QED) is 0.888. The van der Waals surface area contributed by atoms with Crippen molar-refractivity contribution in [3.05, 3.63) is 53.6 Å². The van der Waals surface area contributed by atoms with Crippen molar-refractivity contribution in [2.75, 3.05) is 0 Å². The van der Waals surface area contributed by atoms with E-state index in [0.717, 1.165) is 18.2 Å². The molecule has 0 aliphatic heterocycles. The first-order valence-corrected chi connectivity index (χ1v) is 5.59. The summed E-state index contributed by atoms with van der Waals surface area (Å²) >= 11 is 0. The molecule has 6 heteroatoms. The standard InChI is InChI=1S/C14H10F3NO2/c15-14(16,17)12-4-2-1-3-11(12)8-5-9(13(18)20)7-10(19)6-8/h1-7,19H,(H2,18,20). The zero-order valence-corrected chi connectivity index (χ0v) is 10.1. The highest BCUT2D eigenvalue weighted by atomic mass is 19.4. The molecule has 0 radical (unpaired) electrons. The third-order valence-electron chi connectivity index (χ3n) is 2.75. The van der Waals surface area contributed by atoms with Crippen molar-refractivity contribution in [1.82, 2.24) is 0 Å². The van der Waals surface area contributed by atoms with Crippen LogP contribution in [-0.4, -0.2) is 11.0 Å². The van der Waals surface area contributed by atoms with Crippen LogP contribution in [0, 0.1) is 0 Å². The zero-order valence-electron chi connectivity index (χ0n) is 10.1. The largest absolute Gasteiger partial charge is 0.508 e. The number of benzene rings is 2. The molecule has 0 saturated carbocycles. The van der Waals surface area contributed by atoms with E-state index in [9.17, 15) is 23.1 Å². The van der Waals surface area contributed by atoms with Crippen molar-refractivity contribution in [2.24, 2.45) is 5.73 Å². The normalized spacial score (nSPS) is 11.3. The van der Waals surface area contributed by atoms with Gasteiger partial charge < -0.3 is 10.8 Å². The molecule has 3 N–H and O–H groups in total. The predicted octanol–water partition coefficient (Wildman–Crippen LogP) is 3.18. The maximum Gasteiger partial charge on any atom is 0.417 e. The summed E-state index contributed by atoms with van der Waals surface area (Å²) < 4.78 is 38.8. The van der Waals surface area contributed by atoms with E-state index in [2.05, 4.69) is 0 Å². The van der Waals surface area contributed by atoms with Gasteiger partial charge in [-0.05, 0) is 35.4 Å². The lowest BCUT2D eigenvalue weighted by molar-refractivity contribution is -0.137. The molecule has 0 aliphatic carbocycles. The predicted molar refractivity (Wildman–Crippen MR) is 67.1 cm³/mol. The van der Waals surface area contributed by atoms with Gasteiger partial charge in [-0.25, -0.2) is 0 Å². The summed E-state index contributed by atoms with van der Waals surface area (Å²) in [5.41, 5.74) is 4.13. The number of amides is 1. The minimum Gasteiger partial charge on any atom is -0.508 e. The van der Waals surface area contributed by atoms with Gasteiger partial charge in [0.15, 0.2) is 0 Å². The van der Waals surface area contributed by atoms with E-state index < -0.39 is 17.6 Å². The number of alkyl halides is 3. The lowest BCUT2D eigenvalue weighted by Gasteiger charge is -2.13. The molecule has 104 valence electrons. The fourth-order valence-corrected chi connectivity index (χ4v) is 1.89. The summed E-state index contributed by atoms with van der Waals surface area (Å²) in [4.78, 5) is 11.1. The van der Waals surface area contributed by atoms with Gasteiger partial charge in [-0.15, -0.1) is 0 Å². The first-order chi connectivity index (χ1) is 9.29. The molecule has 1 amide bonds. The van der Waals surface area contributed by atoms with Gasteiger partial charge in [-0.2, -0.15) is 13.2 Å². The summed E-state index contributed by atoms with van der Waals surface area (Å²) in [6, 6.07) is 8.38. The van der Waals surface area contributed by atoms with E-state index in [0.29, 0.717) is 0 Å². The lowest BCUT2D eigenvalue weighted by Crippen LogP contribution is -2.11. The molecule has 2 rings (SSSR count). The van der Waals surface area contributed by atoms with E-state index >= 15 is 0 Å². The Kier molecular flexibility index (Phi) is 3.40. The highest BCUT2D eigenvalue weighted by Gasteiger charge is 2.33. The van der Waals surface area contributed by atoms with Crippen molar-refractivity contribution in [3.8, 4) is 16.9 Å². The van der Waals surface area contributed by atoms with Crippen LogP contribution in [0.15, 0.2) is 42.5 Å². The van der Waals surface area contributed by atoms with Gasteiger partial charge in [0.2, 0.25) is 5.91 Å². The average Bonchev–Trinajstić information content (AvgIpc) is 2.37. The van der Waals surface area contributed by atoms with Gasteiger partial charge >= 0.3 is 6.18 Å². The number of hydrogen-bond acceptors (Lipinski definition) is 2. The topological polar surface area (TPSA) is 63.3 Å². The molecule has 0 fully saturated rings. The second kappa shape index (κ2) is 4.88. The summed E-state index contributed by atoms with van der Waals surface area (Å²) in [6.45, 7) is 0. The number of carbonyl (C=O) groups excluding carboxylic acids is 1. The van der Waals surface area contributed by atoms with Crippen molar-refractivity contribution < 1.29 is 23.1 Å². The number of carbonyl (C=O) groups is 1. The monoisotopic (exact) mass is 281 g/mol. The summed E-state index contributed by atoms with van der Waals surface area (Å²) in [6.07, 6.45) is -4.53. The molecule has 3 nitrogen and oxygen atoms in total. The minimum absolute atomic E-state index is 0.0584. The number of hydrogen-bond donors (Lipinski definition) is 2. The molecule has 2 aromatic carbocycles. The fourth-order valence-electron chi connectivity index (χ4n) is 1.89. The van der Waals surface area contributed by atoms with Crippen LogP contribution in [0.1, 0.15) is 15.9 Å². The maximum atomic E-state index is 12.9. The van der Waals surface area contributed by atoms with Crippen LogP contribution in [-0.2, 0) is 6.18 Å². The number of aromatic hydroxyl groups is 1. The molecule has 0 saturated heterocycles. The van der Waals surface area contributed by atoms with Gasteiger partial charge in [-0.3, -0.25) is 4.79 Å². The van der Waals surface area contributed by atoms with E-state index in [1.54, 1.807) is 0 Å². The molecule has 0 atom stereocenters. The van der Waals surface area contributed by atoms with Crippen LogP contribution in [0.5, 0.6) is 5.75 Å². The molecule has 2 aromatic rings. The molecule has 0 unspecified atom stereocenters. The molecular formula is C14H10F3NO2. The van der Waals surface area contributed by atoms with Crippen molar-refractivity contribution in [1.29, 1.82) is 0 Å². The van der Waals surface area contributed by atoms with Crippen LogP contribution in [0.2, 0.25) is 0 Å². The number of phenolic OH excluding ortho intramolecular Hbond substituents is 1. The van der Waals surface area contributed by atoms with E-state index in [4.69, 9.17) is 5.73 Å². The number of nitrogens with two attached hydrogens (primary N) is 1. The molecule has 20 heavy (non-hydrogen) atoms. The third-order valence-corrected chi connectivity index (χ3v) is 2.75. The van der Waals surface area contributed by atoms with E-state index in [1.165, 1.54) is 24.3 Å². The lowest BCUT2D eigenvalue weighted by atomic mass is 9.97. The molecule has 0 bridgehead atoms. The SMILES string of the molecule is NC(=O)c1cc(O)cc(-c2ccccc2C(F)(F)F)c1. The maximum absolute atomic E-state index is 12.9. The van der Waals surface area contributed by atoms with Crippen LogP contribution >= 0.6 is 0 Å². The van der Waals surface area contributed by atoms with Gasteiger partial charge in [0.05, 0.1) is 5.56 Å².